The summed E-state index contributed by atoms with van der Waals surface area (Å²) in [6.07, 6.45) is 0.552. The molecule has 17 heavy (non-hydrogen) atoms. The lowest BCUT2D eigenvalue weighted by Crippen LogP contribution is -2.22. The minimum Gasteiger partial charge on any atom is -0.494 e. The third kappa shape index (κ3) is 3.68. The van der Waals surface area contributed by atoms with Gasteiger partial charge in [-0.15, -0.1) is 0 Å². The van der Waals surface area contributed by atoms with Gasteiger partial charge in [0, 0.05) is 18.2 Å². The van der Waals surface area contributed by atoms with Crippen LogP contribution in [-0.2, 0) is 0 Å². The molecule has 0 aliphatic carbocycles. The summed E-state index contributed by atoms with van der Waals surface area (Å²) in [5.74, 6) is 0.397. The second kappa shape index (κ2) is 6.57. The molecule has 0 bridgehead atoms. The van der Waals surface area contributed by atoms with Crippen molar-refractivity contribution < 1.29 is 14.2 Å². The summed E-state index contributed by atoms with van der Waals surface area (Å²) >= 11 is 0. The molecule has 3 nitrogen and oxygen atoms in total. The molecular weight excluding hydrogens is 221 g/mol. The quantitative estimate of drug-likeness (QED) is 0.829. The maximum Gasteiger partial charge on any atom is 0.124 e. The molecular formula is C13H20FNO2. The summed E-state index contributed by atoms with van der Waals surface area (Å²) in [5.41, 5.74) is 0.783. The average molecular weight is 241 g/mol. The predicted octanol–water partition coefficient (Wildman–Crippen LogP) is 2.21. The van der Waals surface area contributed by atoms with Crippen molar-refractivity contribution in [2.45, 2.75) is 19.4 Å². The van der Waals surface area contributed by atoms with E-state index in [-0.39, 0.29) is 18.5 Å². The van der Waals surface area contributed by atoms with Crippen molar-refractivity contribution in [2.24, 2.45) is 0 Å². The number of hydrogen-bond acceptors (Lipinski definition) is 3. The zero-order valence-corrected chi connectivity index (χ0v) is 10.6. The van der Waals surface area contributed by atoms with Crippen molar-refractivity contribution >= 4 is 0 Å². The molecule has 0 saturated carbocycles. The number of halogens is 1. The number of benzene rings is 1. The first-order valence-corrected chi connectivity index (χ1v) is 5.79. The molecule has 0 heterocycles. The van der Waals surface area contributed by atoms with Gasteiger partial charge in [-0.05, 0) is 45.6 Å². The molecule has 1 unspecified atom stereocenters. The summed E-state index contributed by atoms with van der Waals surface area (Å²) in [6.45, 7) is 2.49. The normalized spacial score (nSPS) is 12.8. The van der Waals surface area contributed by atoms with Crippen LogP contribution in [0.1, 0.15) is 24.9 Å². The highest BCUT2D eigenvalue weighted by Crippen LogP contribution is 2.31. The molecule has 0 saturated heterocycles. The van der Waals surface area contributed by atoms with Gasteiger partial charge in [0.05, 0.1) is 6.61 Å². The van der Waals surface area contributed by atoms with E-state index in [0.717, 1.165) is 5.56 Å². The molecule has 0 fully saturated rings. The van der Waals surface area contributed by atoms with Crippen LogP contribution >= 0.6 is 0 Å². The van der Waals surface area contributed by atoms with Crippen LogP contribution in [0.15, 0.2) is 18.2 Å². The maximum atomic E-state index is 13.3. The fourth-order valence-electron chi connectivity index (χ4n) is 1.88. The predicted molar refractivity (Wildman–Crippen MR) is 65.7 cm³/mol. The Hall–Kier alpha value is -1.13. The van der Waals surface area contributed by atoms with Gasteiger partial charge < -0.3 is 14.7 Å². The molecule has 1 aromatic rings. The van der Waals surface area contributed by atoms with Crippen LogP contribution in [0.4, 0.5) is 4.39 Å². The van der Waals surface area contributed by atoms with Crippen LogP contribution in [-0.4, -0.2) is 37.3 Å². The molecule has 96 valence electrons. The maximum absolute atomic E-state index is 13.3. The molecule has 1 N–H and O–H groups in total. The van der Waals surface area contributed by atoms with Gasteiger partial charge in [0.15, 0.2) is 0 Å². The number of nitrogens with zero attached hydrogens (tertiary/aromatic N) is 1. The Kier molecular flexibility index (Phi) is 5.38. The topological polar surface area (TPSA) is 32.7 Å². The number of aliphatic hydroxyl groups is 1. The van der Waals surface area contributed by atoms with Crippen LogP contribution in [0.25, 0.3) is 0 Å². The first kappa shape index (κ1) is 13.9. The van der Waals surface area contributed by atoms with Crippen LogP contribution in [0.3, 0.4) is 0 Å². The highest BCUT2D eigenvalue weighted by atomic mass is 19.1. The number of hydrogen-bond donors (Lipinski definition) is 1. The van der Waals surface area contributed by atoms with Crippen molar-refractivity contribution in [3.05, 3.63) is 29.6 Å². The number of rotatable bonds is 6. The summed E-state index contributed by atoms with van der Waals surface area (Å²) in [4.78, 5) is 1.95. The third-order valence-corrected chi connectivity index (χ3v) is 2.66. The van der Waals surface area contributed by atoms with Gasteiger partial charge in [0.25, 0.3) is 0 Å². The van der Waals surface area contributed by atoms with E-state index in [0.29, 0.717) is 18.8 Å². The van der Waals surface area contributed by atoms with Crippen molar-refractivity contribution in [1.29, 1.82) is 0 Å². The molecule has 0 spiro atoms. The second-order valence-corrected chi connectivity index (χ2v) is 4.11. The molecule has 0 aliphatic heterocycles. The Bertz CT molecular complexity index is 355. The zero-order chi connectivity index (χ0) is 12.8. The summed E-state index contributed by atoms with van der Waals surface area (Å²) < 4.78 is 18.8. The Balaban J connectivity index is 3.09. The minimum absolute atomic E-state index is 0.0442. The highest BCUT2D eigenvalue weighted by molar-refractivity contribution is 5.36. The van der Waals surface area contributed by atoms with E-state index in [1.54, 1.807) is 6.07 Å². The molecule has 4 heteroatoms. The van der Waals surface area contributed by atoms with E-state index < -0.39 is 0 Å². The van der Waals surface area contributed by atoms with Crippen LogP contribution in [0.2, 0.25) is 0 Å². The fourth-order valence-corrected chi connectivity index (χ4v) is 1.88. The van der Waals surface area contributed by atoms with Crippen LogP contribution in [0, 0.1) is 5.82 Å². The van der Waals surface area contributed by atoms with Gasteiger partial charge in [-0.3, -0.25) is 0 Å². The molecule has 0 radical (unpaired) electrons. The number of ether oxygens (including phenoxy) is 1. The van der Waals surface area contributed by atoms with Crippen molar-refractivity contribution in [3.63, 3.8) is 0 Å². The molecule has 1 rings (SSSR count). The van der Waals surface area contributed by atoms with E-state index in [1.807, 2.05) is 25.9 Å². The molecule has 1 aromatic carbocycles. The van der Waals surface area contributed by atoms with Gasteiger partial charge >= 0.3 is 0 Å². The third-order valence-electron chi connectivity index (χ3n) is 2.66. The Labute approximate surface area is 102 Å². The summed E-state index contributed by atoms with van der Waals surface area (Å²) in [7, 11) is 3.81. The lowest BCUT2D eigenvalue weighted by Gasteiger charge is -2.26. The van der Waals surface area contributed by atoms with E-state index >= 15 is 0 Å². The lowest BCUT2D eigenvalue weighted by atomic mass is 10.0. The van der Waals surface area contributed by atoms with Gasteiger partial charge in [-0.1, -0.05) is 0 Å². The monoisotopic (exact) mass is 241 g/mol. The lowest BCUT2D eigenvalue weighted by molar-refractivity contribution is 0.205. The molecule has 1 atom stereocenters. The molecule has 0 aromatic heterocycles. The fraction of sp³-hybridized carbons (Fsp3) is 0.538. The van der Waals surface area contributed by atoms with Gasteiger partial charge in [-0.25, -0.2) is 4.39 Å². The Morgan fingerprint density at radius 2 is 2.12 bits per heavy atom. The van der Waals surface area contributed by atoms with E-state index in [9.17, 15) is 4.39 Å². The zero-order valence-electron chi connectivity index (χ0n) is 10.6. The Morgan fingerprint density at radius 3 is 2.65 bits per heavy atom. The van der Waals surface area contributed by atoms with E-state index in [2.05, 4.69) is 0 Å². The van der Waals surface area contributed by atoms with Crippen molar-refractivity contribution in [2.75, 3.05) is 27.3 Å². The van der Waals surface area contributed by atoms with Crippen LogP contribution in [0.5, 0.6) is 5.75 Å². The van der Waals surface area contributed by atoms with Gasteiger partial charge in [0.2, 0.25) is 0 Å². The van der Waals surface area contributed by atoms with Crippen LogP contribution < -0.4 is 4.74 Å². The Morgan fingerprint density at radius 1 is 1.41 bits per heavy atom. The van der Waals surface area contributed by atoms with Crippen molar-refractivity contribution in [1.82, 2.24) is 4.90 Å². The summed E-state index contributed by atoms with van der Waals surface area (Å²) in [5, 5.41) is 9.08. The van der Waals surface area contributed by atoms with Gasteiger partial charge in [0.1, 0.15) is 11.6 Å². The molecule has 0 amide bonds. The first-order chi connectivity index (χ1) is 8.10. The van der Waals surface area contributed by atoms with E-state index in [1.165, 1.54) is 12.1 Å². The average Bonchev–Trinajstić information content (AvgIpc) is 2.28. The minimum atomic E-state index is -0.284. The van der Waals surface area contributed by atoms with Gasteiger partial charge in [-0.2, -0.15) is 0 Å². The van der Waals surface area contributed by atoms with Crippen molar-refractivity contribution in [3.8, 4) is 5.75 Å². The second-order valence-electron chi connectivity index (χ2n) is 4.11. The SMILES string of the molecule is CCOc1ccc(F)cc1C(CCO)N(C)C. The smallest absolute Gasteiger partial charge is 0.124 e. The standard InChI is InChI=1S/C13H20FNO2/c1-4-17-13-6-5-10(14)9-11(13)12(7-8-16)15(2)3/h5-6,9,12,16H,4,7-8H2,1-3H3. The highest BCUT2D eigenvalue weighted by Gasteiger charge is 2.18. The molecule has 0 aliphatic rings. The first-order valence-electron chi connectivity index (χ1n) is 5.79. The number of aliphatic hydroxyl groups excluding tert-OH is 1. The van der Waals surface area contributed by atoms with E-state index in [4.69, 9.17) is 9.84 Å². The largest absolute Gasteiger partial charge is 0.494 e. The summed E-state index contributed by atoms with van der Waals surface area (Å²) in [6, 6.07) is 4.46.